The number of aromatic nitrogens is 1. The average molecular weight is 247 g/mol. The zero-order valence-corrected chi connectivity index (χ0v) is 10.4. The van der Waals surface area contributed by atoms with Crippen LogP contribution in [0.1, 0.15) is 23.2 Å². The SMILES string of the molecule is CNC(=O)C1CCCN(c2ccc(C=O)cn2)C1. The maximum atomic E-state index is 11.6. The normalized spacial score (nSPS) is 19.4. The lowest BCUT2D eigenvalue weighted by Crippen LogP contribution is -2.42. The van der Waals surface area contributed by atoms with E-state index < -0.39 is 0 Å². The smallest absolute Gasteiger partial charge is 0.224 e. The first kappa shape index (κ1) is 12.5. The van der Waals surface area contributed by atoms with Crippen molar-refractivity contribution in [3.8, 4) is 0 Å². The molecule has 1 N–H and O–H groups in total. The fourth-order valence-corrected chi connectivity index (χ4v) is 2.26. The molecular formula is C13H17N3O2. The Kier molecular flexibility index (Phi) is 3.92. The number of rotatable bonds is 3. The summed E-state index contributed by atoms with van der Waals surface area (Å²) in [5, 5.41) is 2.69. The van der Waals surface area contributed by atoms with Crippen molar-refractivity contribution in [1.82, 2.24) is 10.3 Å². The molecule has 0 saturated carbocycles. The molecule has 1 aliphatic rings. The van der Waals surface area contributed by atoms with Crippen molar-refractivity contribution >= 4 is 18.0 Å². The summed E-state index contributed by atoms with van der Waals surface area (Å²) in [6, 6.07) is 3.58. The van der Waals surface area contributed by atoms with Crippen LogP contribution in [0.25, 0.3) is 0 Å². The van der Waals surface area contributed by atoms with E-state index in [1.54, 1.807) is 19.3 Å². The maximum absolute atomic E-state index is 11.6. The van der Waals surface area contributed by atoms with Crippen molar-refractivity contribution in [3.05, 3.63) is 23.9 Å². The first-order valence-corrected chi connectivity index (χ1v) is 6.12. The summed E-state index contributed by atoms with van der Waals surface area (Å²) in [7, 11) is 1.67. The molecule has 1 aliphatic heterocycles. The van der Waals surface area contributed by atoms with Gasteiger partial charge in [0.15, 0.2) is 6.29 Å². The predicted molar refractivity (Wildman–Crippen MR) is 68.6 cm³/mol. The van der Waals surface area contributed by atoms with Crippen LogP contribution in [0.2, 0.25) is 0 Å². The Bertz CT molecular complexity index is 430. The first-order chi connectivity index (χ1) is 8.74. The van der Waals surface area contributed by atoms with Crippen LogP contribution in [-0.4, -0.2) is 37.3 Å². The molecule has 0 aliphatic carbocycles. The monoisotopic (exact) mass is 247 g/mol. The average Bonchev–Trinajstić information content (AvgIpc) is 2.46. The summed E-state index contributed by atoms with van der Waals surface area (Å²) in [5.74, 6) is 0.940. The molecule has 1 aromatic rings. The van der Waals surface area contributed by atoms with Crippen molar-refractivity contribution in [2.24, 2.45) is 5.92 Å². The highest BCUT2D eigenvalue weighted by atomic mass is 16.1. The molecule has 5 heteroatoms. The van der Waals surface area contributed by atoms with Crippen LogP contribution in [0.3, 0.4) is 0 Å². The third-order valence-corrected chi connectivity index (χ3v) is 3.27. The van der Waals surface area contributed by atoms with E-state index in [-0.39, 0.29) is 11.8 Å². The van der Waals surface area contributed by atoms with Crippen molar-refractivity contribution in [1.29, 1.82) is 0 Å². The van der Waals surface area contributed by atoms with Crippen LogP contribution in [0.5, 0.6) is 0 Å². The van der Waals surface area contributed by atoms with Crippen molar-refractivity contribution in [3.63, 3.8) is 0 Å². The van der Waals surface area contributed by atoms with E-state index in [0.29, 0.717) is 12.1 Å². The Labute approximate surface area is 106 Å². The second-order valence-electron chi connectivity index (χ2n) is 4.47. The molecule has 5 nitrogen and oxygen atoms in total. The van der Waals surface area contributed by atoms with Gasteiger partial charge < -0.3 is 10.2 Å². The van der Waals surface area contributed by atoms with Crippen LogP contribution >= 0.6 is 0 Å². The van der Waals surface area contributed by atoms with Crippen LogP contribution in [0.15, 0.2) is 18.3 Å². The minimum Gasteiger partial charge on any atom is -0.359 e. The third-order valence-electron chi connectivity index (χ3n) is 3.27. The van der Waals surface area contributed by atoms with Crippen LogP contribution in [0, 0.1) is 5.92 Å². The van der Waals surface area contributed by atoms with Gasteiger partial charge in [-0.1, -0.05) is 0 Å². The Hall–Kier alpha value is -1.91. The minimum atomic E-state index is 0.0243. The first-order valence-electron chi connectivity index (χ1n) is 6.12. The number of hydrogen-bond donors (Lipinski definition) is 1. The summed E-state index contributed by atoms with van der Waals surface area (Å²) in [5.41, 5.74) is 0.568. The van der Waals surface area contributed by atoms with Gasteiger partial charge in [-0.15, -0.1) is 0 Å². The maximum Gasteiger partial charge on any atom is 0.224 e. The van der Waals surface area contributed by atoms with Gasteiger partial charge >= 0.3 is 0 Å². The zero-order chi connectivity index (χ0) is 13.0. The largest absolute Gasteiger partial charge is 0.359 e. The molecule has 1 amide bonds. The van der Waals surface area contributed by atoms with Gasteiger partial charge in [0.2, 0.25) is 5.91 Å². The van der Waals surface area contributed by atoms with E-state index in [2.05, 4.69) is 15.2 Å². The molecule has 18 heavy (non-hydrogen) atoms. The number of carbonyl (C=O) groups is 2. The summed E-state index contributed by atoms with van der Waals surface area (Å²) >= 11 is 0. The molecule has 2 heterocycles. The molecular weight excluding hydrogens is 230 g/mol. The third kappa shape index (κ3) is 2.67. The molecule has 96 valence electrons. The summed E-state index contributed by atoms with van der Waals surface area (Å²) in [6.07, 6.45) is 4.24. The molecule has 1 atom stereocenters. The van der Waals surface area contributed by atoms with E-state index in [9.17, 15) is 9.59 Å². The molecule has 1 saturated heterocycles. The number of aldehydes is 1. The van der Waals surface area contributed by atoms with E-state index in [1.165, 1.54) is 0 Å². The molecule has 0 radical (unpaired) electrons. The number of anilines is 1. The van der Waals surface area contributed by atoms with Gasteiger partial charge in [-0.2, -0.15) is 0 Å². The molecule has 1 aromatic heterocycles. The van der Waals surface area contributed by atoms with Crippen LogP contribution < -0.4 is 10.2 Å². The number of nitrogens with one attached hydrogen (secondary N) is 1. The standard InChI is InChI=1S/C13H17N3O2/c1-14-13(18)11-3-2-6-16(8-11)12-5-4-10(9-17)7-15-12/h4-5,7,9,11H,2-3,6,8H2,1H3,(H,14,18). The van der Waals surface area contributed by atoms with E-state index in [0.717, 1.165) is 31.5 Å². The fraction of sp³-hybridized carbons (Fsp3) is 0.462. The van der Waals surface area contributed by atoms with Gasteiger partial charge in [-0.05, 0) is 25.0 Å². The number of nitrogens with zero attached hydrogens (tertiary/aromatic N) is 2. The fourth-order valence-electron chi connectivity index (χ4n) is 2.26. The Balaban J connectivity index is 2.07. The van der Waals surface area contributed by atoms with E-state index >= 15 is 0 Å². The van der Waals surface area contributed by atoms with Crippen LogP contribution in [0.4, 0.5) is 5.82 Å². The summed E-state index contributed by atoms with van der Waals surface area (Å²) < 4.78 is 0. The Morgan fingerprint density at radius 3 is 3.00 bits per heavy atom. The lowest BCUT2D eigenvalue weighted by molar-refractivity contribution is -0.124. The second-order valence-corrected chi connectivity index (χ2v) is 4.47. The van der Waals surface area contributed by atoms with Gasteiger partial charge in [0, 0.05) is 31.9 Å². The summed E-state index contributed by atoms with van der Waals surface area (Å²) in [4.78, 5) is 28.6. The highest BCUT2D eigenvalue weighted by molar-refractivity contribution is 5.79. The van der Waals surface area contributed by atoms with Crippen molar-refractivity contribution in [2.45, 2.75) is 12.8 Å². The van der Waals surface area contributed by atoms with E-state index in [1.807, 2.05) is 6.07 Å². The number of piperidine rings is 1. The molecule has 0 spiro atoms. The molecule has 0 aromatic carbocycles. The highest BCUT2D eigenvalue weighted by Gasteiger charge is 2.25. The van der Waals surface area contributed by atoms with Crippen LogP contribution in [-0.2, 0) is 4.79 Å². The van der Waals surface area contributed by atoms with Gasteiger partial charge in [0.25, 0.3) is 0 Å². The van der Waals surface area contributed by atoms with Crippen molar-refractivity contribution < 1.29 is 9.59 Å². The quantitative estimate of drug-likeness (QED) is 0.805. The zero-order valence-electron chi connectivity index (χ0n) is 10.4. The van der Waals surface area contributed by atoms with E-state index in [4.69, 9.17) is 0 Å². The number of amides is 1. The molecule has 1 fully saturated rings. The molecule has 0 bridgehead atoms. The number of carbonyl (C=O) groups excluding carboxylic acids is 2. The van der Waals surface area contributed by atoms with Gasteiger partial charge in [-0.3, -0.25) is 9.59 Å². The number of hydrogen-bond acceptors (Lipinski definition) is 4. The Morgan fingerprint density at radius 2 is 2.39 bits per heavy atom. The highest BCUT2D eigenvalue weighted by Crippen LogP contribution is 2.21. The van der Waals surface area contributed by atoms with Crippen molar-refractivity contribution in [2.75, 3.05) is 25.0 Å². The van der Waals surface area contributed by atoms with Gasteiger partial charge in [0.1, 0.15) is 5.82 Å². The minimum absolute atomic E-state index is 0.0243. The topological polar surface area (TPSA) is 62.3 Å². The summed E-state index contributed by atoms with van der Waals surface area (Å²) in [6.45, 7) is 1.59. The predicted octanol–water partition coefficient (Wildman–Crippen LogP) is 0.856. The lowest BCUT2D eigenvalue weighted by atomic mass is 9.97. The Morgan fingerprint density at radius 1 is 1.56 bits per heavy atom. The molecule has 2 rings (SSSR count). The van der Waals surface area contributed by atoms with Gasteiger partial charge in [0.05, 0.1) is 5.92 Å². The lowest BCUT2D eigenvalue weighted by Gasteiger charge is -2.32. The van der Waals surface area contributed by atoms with Gasteiger partial charge in [-0.25, -0.2) is 4.98 Å². The second kappa shape index (κ2) is 5.62. The number of pyridine rings is 1. The molecule has 1 unspecified atom stereocenters.